The van der Waals surface area contributed by atoms with Gasteiger partial charge in [-0.15, -0.1) is 0 Å². The third kappa shape index (κ3) is 2.91. The molecular formula is C9H16N4. The average molecular weight is 180 g/mol. The van der Waals surface area contributed by atoms with Crippen molar-refractivity contribution >= 4 is 5.95 Å². The summed E-state index contributed by atoms with van der Waals surface area (Å²) in [7, 11) is 0. The van der Waals surface area contributed by atoms with Crippen LogP contribution in [0.15, 0.2) is 24.5 Å². The molecule has 0 radical (unpaired) electrons. The number of aromatic nitrogens is 2. The van der Waals surface area contributed by atoms with Gasteiger partial charge in [0.25, 0.3) is 0 Å². The second-order valence-corrected chi connectivity index (χ2v) is 2.62. The van der Waals surface area contributed by atoms with E-state index in [0.717, 1.165) is 19.0 Å². The number of hydrogen-bond acceptors (Lipinski definition) is 3. The molecule has 1 heterocycles. The van der Waals surface area contributed by atoms with Crippen molar-refractivity contribution in [1.29, 1.82) is 0 Å². The van der Waals surface area contributed by atoms with Crippen LogP contribution in [-0.4, -0.2) is 22.6 Å². The van der Waals surface area contributed by atoms with Crippen molar-refractivity contribution in [1.82, 2.24) is 9.55 Å². The summed E-state index contributed by atoms with van der Waals surface area (Å²) in [6.45, 7) is 4.38. The minimum atomic E-state index is 0.587. The zero-order valence-corrected chi connectivity index (χ0v) is 7.90. The number of nitrogens with one attached hydrogen (secondary N) is 1. The van der Waals surface area contributed by atoms with Crippen LogP contribution in [0.3, 0.4) is 0 Å². The van der Waals surface area contributed by atoms with Crippen LogP contribution in [-0.2, 0) is 6.54 Å². The first-order valence-electron chi connectivity index (χ1n) is 4.48. The van der Waals surface area contributed by atoms with E-state index < -0.39 is 0 Å². The summed E-state index contributed by atoms with van der Waals surface area (Å²) in [6.07, 6.45) is 7.66. The van der Waals surface area contributed by atoms with Gasteiger partial charge in [-0.05, 0) is 6.92 Å². The van der Waals surface area contributed by atoms with Gasteiger partial charge in [0, 0.05) is 32.0 Å². The van der Waals surface area contributed by atoms with Gasteiger partial charge in [0.05, 0.1) is 0 Å². The Hall–Kier alpha value is -1.29. The van der Waals surface area contributed by atoms with Gasteiger partial charge in [-0.25, -0.2) is 4.98 Å². The van der Waals surface area contributed by atoms with Crippen LogP contribution in [0.1, 0.15) is 6.92 Å². The Morgan fingerprint density at radius 1 is 1.62 bits per heavy atom. The lowest BCUT2D eigenvalue weighted by molar-refractivity contribution is 0.767. The monoisotopic (exact) mass is 180 g/mol. The van der Waals surface area contributed by atoms with E-state index in [-0.39, 0.29) is 0 Å². The standard InChI is InChI=1S/C9H16N4/c1-2-13-8-7-12-9(13)11-6-4-3-5-10/h3-4,7-8H,2,5-6,10H2,1H3,(H,11,12)/b4-3+. The lowest BCUT2D eigenvalue weighted by Gasteiger charge is -2.04. The molecule has 0 aliphatic rings. The maximum Gasteiger partial charge on any atom is 0.203 e. The van der Waals surface area contributed by atoms with Gasteiger partial charge in [0.15, 0.2) is 0 Å². The minimum absolute atomic E-state index is 0.587. The third-order valence-corrected chi connectivity index (χ3v) is 1.74. The van der Waals surface area contributed by atoms with E-state index in [2.05, 4.69) is 21.8 Å². The summed E-state index contributed by atoms with van der Waals surface area (Å²) < 4.78 is 2.05. The highest BCUT2D eigenvalue weighted by molar-refractivity contribution is 5.26. The largest absolute Gasteiger partial charge is 0.352 e. The van der Waals surface area contributed by atoms with Crippen molar-refractivity contribution in [3.8, 4) is 0 Å². The minimum Gasteiger partial charge on any atom is -0.352 e. The molecule has 0 bridgehead atoms. The molecule has 0 amide bonds. The molecule has 3 N–H and O–H groups in total. The molecule has 72 valence electrons. The quantitative estimate of drug-likeness (QED) is 0.660. The van der Waals surface area contributed by atoms with Gasteiger partial charge >= 0.3 is 0 Å². The summed E-state index contributed by atoms with van der Waals surface area (Å²) in [4.78, 5) is 4.17. The third-order valence-electron chi connectivity index (χ3n) is 1.74. The van der Waals surface area contributed by atoms with Crippen molar-refractivity contribution in [2.45, 2.75) is 13.5 Å². The van der Waals surface area contributed by atoms with Gasteiger partial charge in [-0.2, -0.15) is 0 Å². The second-order valence-electron chi connectivity index (χ2n) is 2.62. The van der Waals surface area contributed by atoms with Crippen LogP contribution in [0.25, 0.3) is 0 Å². The Kier molecular flexibility index (Phi) is 4.05. The Labute approximate surface area is 78.5 Å². The zero-order valence-electron chi connectivity index (χ0n) is 7.90. The van der Waals surface area contributed by atoms with E-state index in [9.17, 15) is 0 Å². The summed E-state index contributed by atoms with van der Waals surface area (Å²) >= 11 is 0. The van der Waals surface area contributed by atoms with E-state index in [1.165, 1.54) is 0 Å². The lowest BCUT2D eigenvalue weighted by atomic mass is 10.5. The van der Waals surface area contributed by atoms with Crippen LogP contribution in [0.2, 0.25) is 0 Å². The van der Waals surface area contributed by atoms with Gasteiger partial charge in [0.1, 0.15) is 0 Å². The highest BCUT2D eigenvalue weighted by atomic mass is 15.2. The van der Waals surface area contributed by atoms with E-state index in [4.69, 9.17) is 5.73 Å². The van der Waals surface area contributed by atoms with Gasteiger partial charge in [-0.1, -0.05) is 12.2 Å². The first-order valence-corrected chi connectivity index (χ1v) is 4.48. The fourth-order valence-electron chi connectivity index (χ4n) is 1.06. The van der Waals surface area contributed by atoms with Gasteiger partial charge in [-0.3, -0.25) is 0 Å². The molecule has 1 aromatic rings. The van der Waals surface area contributed by atoms with Crippen LogP contribution < -0.4 is 11.1 Å². The van der Waals surface area contributed by atoms with Gasteiger partial charge in [0.2, 0.25) is 5.95 Å². The molecule has 4 nitrogen and oxygen atoms in total. The SMILES string of the molecule is CCn1ccnc1NC/C=C/CN. The summed E-state index contributed by atoms with van der Waals surface area (Å²) in [6, 6.07) is 0. The maximum absolute atomic E-state index is 5.31. The average Bonchev–Trinajstić information content (AvgIpc) is 2.60. The zero-order chi connectivity index (χ0) is 9.52. The molecule has 0 fully saturated rings. The maximum atomic E-state index is 5.31. The Balaban J connectivity index is 2.40. The predicted octanol–water partition coefficient (Wildman–Crippen LogP) is 0.830. The molecule has 0 aromatic carbocycles. The Morgan fingerprint density at radius 3 is 3.15 bits per heavy atom. The molecule has 0 atom stereocenters. The molecule has 1 rings (SSSR count). The summed E-state index contributed by atoms with van der Waals surface area (Å²) in [5.74, 6) is 0.907. The highest BCUT2D eigenvalue weighted by Crippen LogP contribution is 2.02. The molecular weight excluding hydrogens is 164 g/mol. The number of anilines is 1. The van der Waals surface area contributed by atoms with Crippen LogP contribution in [0.4, 0.5) is 5.95 Å². The number of nitrogens with two attached hydrogens (primary N) is 1. The van der Waals surface area contributed by atoms with E-state index in [1.807, 2.05) is 18.3 Å². The number of aryl methyl sites for hydroxylation is 1. The van der Waals surface area contributed by atoms with Crippen molar-refractivity contribution in [3.63, 3.8) is 0 Å². The van der Waals surface area contributed by atoms with E-state index >= 15 is 0 Å². The summed E-state index contributed by atoms with van der Waals surface area (Å²) in [5, 5.41) is 3.19. The molecule has 13 heavy (non-hydrogen) atoms. The molecule has 0 saturated heterocycles. The Bertz CT molecular complexity index is 264. The number of rotatable bonds is 5. The van der Waals surface area contributed by atoms with Crippen LogP contribution >= 0.6 is 0 Å². The first kappa shape index (κ1) is 9.80. The fraction of sp³-hybridized carbons (Fsp3) is 0.444. The predicted molar refractivity (Wildman–Crippen MR) is 54.6 cm³/mol. The topological polar surface area (TPSA) is 55.9 Å². The number of imidazole rings is 1. The molecule has 0 saturated carbocycles. The molecule has 0 unspecified atom stereocenters. The number of nitrogens with zero attached hydrogens (tertiary/aromatic N) is 2. The van der Waals surface area contributed by atoms with Crippen molar-refractivity contribution in [2.75, 3.05) is 18.4 Å². The van der Waals surface area contributed by atoms with Crippen molar-refractivity contribution in [2.24, 2.45) is 5.73 Å². The number of hydrogen-bond donors (Lipinski definition) is 2. The second kappa shape index (κ2) is 5.37. The molecule has 0 aliphatic heterocycles. The lowest BCUT2D eigenvalue weighted by Crippen LogP contribution is -2.06. The molecule has 1 aromatic heterocycles. The van der Waals surface area contributed by atoms with E-state index in [0.29, 0.717) is 6.54 Å². The van der Waals surface area contributed by atoms with E-state index in [1.54, 1.807) is 6.20 Å². The van der Waals surface area contributed by atoms with Crippen LogP contribution in [0, 0.1) is 0 Å². The van der Waals surface area contributed by atoms with Crippen molar-refractivity contribution < 1.29 is 0 Å². The molecule has 0 spiro atoms. The first-order chi connectivity index (χ1) is 6.38. The van der Waals surface area contributed by atoms with Crippen LogP contribution in [0.5, 0.6) is 0 Å². The Morgan fingerprint density at radius 2 is 2.46 bits per heavy atom. The highest BCUT2D eigenvalue weighted by Gasteiger charge is 1.96. The smallest absolute Gasteiger partial charge is 0.203 e. The molecule has 0 aliphatic carbocycles. The molecule has 4 heteroatoms. The van der Waals surface area contributed by atoms with Crippen molar-refractivity contribution in [3.05, 3.63) is 24.5 Å². The summed E-state index contributed by atoms with van der Waals surface area (Å²) in [5.41, 5.74) is 5.31. The fourth-order valence-corrected chi connectivity index (χ4v) is 1.06. The normalized spacial score (nSPS) is 10.9. The van der Waals surface area contributed by atoms with Gasteiger partial charge < -0.3 is 15.6 Å².